The molecule has 1 aliphatic heterocycles. The van der Waals surface area contributed by atoms with Gasteiger partial charge in [-0.3, -0.25) is 19.7 Å². The second kappa shape index (κ2) is 8.03. The van der Waals surface area contributed by atoms with Gasteiger partial charge < -0.3 is 0 Å². The lowest BCUT2D eigenvalue weighted by molar-refractivity contribution is -0.117. The van der Waals surface area contributed by atoms with Gasteiger partial charge in [-0.1, -0.05) is 18.6 Å². The van der Waals surface area contributed by atoms with E-state index in [1.807, 2.05) is 35.3 Å². The Morgan fingerprint density at radius 3 is 2.62 bits per heavy atom. The van der Waals surface area contributed by atoms with Crippen LogP contribution >= 0.6 is 0 Å². The Kier molecular flexibility index (Phi) is 5.45. The molecule has 1 aliphatic rings. The van der Waals surface area contributed by atoms with E-state index >= 15 is 0 Å². The van der Waals surface area contributed by atoms with Crippen LogP contribution in [0.1, 0.15) is 19.3 Å². The molecule has 1 amide bonds. The molecule has 0 bridgehead atoms. The molecule has 0 radical (unpaired) electrons. The molecule has 10 heteroatoms. The molecule has 0 atom stereocenters. The van der Waals surface area contributed by atoms with Crippen LogP contribution in [-0.4, -0.2) is 73.7 Å². The molecule has 29 heavy (non-hydrogen) atoms. The lowest BCUT2D eigenvalue weighted by Gasteiger charge is -2.25. The summed E-state index contributed by atoms with van der Waals surface area (Å²) in [4.78, 5) is 23.4. The van der Waals surface area contributed by atoms with Crippen molar-refractivity contribution in [3.63, 3.8) is 0 Å². The standard InChI is InChI=1S/C19H25B3N6O/c20-19(21,22)28-11-15(10-24-28)13-4-5-14-9-23-18(25-16(14)8-13)26-17(29)12-27-6-2-1-3-7-27/h4-5,8-11H,1-3,6-7,12,20-22H2,(H,23,25,26,29). The summed E-state index contributed by atoms with van der Waals surface area (Å²) in [6, 6.07) is 6.06. The number of nitrogens with zero attached hydrogens (tertiary/aromatic N) is 5. The first kappa shape index (κ1) is 19.7. The maximum Gasteiger partial charge on any atom is 0.240 e. The molecule has 3 aromatic rings. The van der Waals surface area contributed by atoms with Gasteiger partial charge in [-0.25, -0.2) is 9.97 Å². The number of hydrogen-bond acceptors (Lipinski definition) is 5. The van der Waals surface area contributed by atoms with Gasteiger partial charge in [0, 0.05) is 23.3 Å². The molecule has 1 aromatic carbocycles. The van der Waals surface area contributed by atoms with Crippen LogP contribution in [0.3, 0.4) is 0 Å². The Hall–Kier alpha value is -2.61. The number of likely N-dealkylation sites (tertiary alicyclic amines) is 1. The van der Waals surface area contributed by atoms with Crippen LogP contribution in [0.15, 0.2) is 36.8 Å². The third-order valence-corrected chi connectivity index (χ3v) is 5.25. The predicted molar refractivity (Wildman–Crippen MR) is 123 cm³/mol. The van der Waals surface area contributed by atoms with Crippen molar-refractivity contribution in [3.8, 4) is 11.1 Å². The fourth-order valence-corrected chi connectivity index (χ4v) is 3.59. The largest absolute Gasteiger partial charge is 0.295 e. The monoisotopic (exact) mass is 386 g/mol. The highest BCUT2D eigenvalue weighted by Gasteiger charge is 2.16. The first-order valence-corrected chi connectivity index (χ1v) is 10.2. The van der Waals surface area contributed by atoms with E-state index in [9.17, 15) is 4.79 Å². The Labute approximate surface area is 173 Å². The number of benzene rings is 1. The highest BCUT2D eigenvalue weighted by atomic mass is 16.2. The minimum Gasteiger partial charge on any atom is -0.295 e. The van der Waals surface area contributed by atoms with Crippen molar-refractivity contribution in [1.82, 2.24) is 24.6 Å². The summed E-state index contributed by atoms with van der Waals surface area (Å²) in [5, 5.41) is 8.19. The van der Waals surface area contributed by atoms with Crippen LogP contribution in [0.4, 0.5) is 5.95 Å². The van der Waals surface area contributed by atoms with E-state index in [0.29, 0.717) is 12.5 Å². The van der Waals surface area contributed by atoms with Crippen LogP contribution < -0.4 is 5.32 Å². The molecule has 1 saturated heterocycles. The maximum atomic E-state index is 12.4. The van der Waals surface area contributed by atoms with Gasteiger partial charge in [0.15, 0.2) is 0 Å². The first-order chi connectivity index (χ1) is 13.9. The van der Waals surface area contributed by atoms with Crippen molar-refractivity contribution in [2.24, 2.45) is 0 Å². The zero-order chi connectivity index (χ0) is 20.4. The average molecular weight is 386 g/mol. The minimum absolute atomic E-state index is 0.0612. The Bertz CT molecular complexity index is 1030. The van der Waals surface area contributed by atoms with Crippen LogP contribution in [-0.2, 0) is 10.0 Å². The molecule has 0 saturated carbocycles. The second-order valence-electron chi connectivity index (χ2n) is 8.70. The van der Waals surface area contributed by atoms with E-state index in [4.69, 9.17) is 0 Å². The summed E-state index contributed by atoms with van der Waals surface area (Å²) in [5.41, 5.74) is 2.88. The number of hydrogen-bond donors (Lipinski definition) is 1. The summed E-state index contributed by atoms with van der Waals surface area (Å²) >= 11 is 0. The van der Waals surface area contributed by atoms with E-state index in [-0.39, 0.29) is 11.1 Å². The summed E-state index contributed by atoms with van der Waals surface area (Å²) < 4.78 is 1.96. The molecule has 7 nitrogen and oxygen atoms in total. The van der Waals surface area contributed by atoms with Crippen LogP contribution in [0.5, 0.6) is 0 Å². The third kappa shape index (κ3) is 4.70. The van der Waals surface area contributed by atoms with Crippen LogP contribution in [0, 0.1) is 0 Å². The molecule has 2 aromatic heterocycles. The van der Waals surface area contributed by atoms with Crippen LogP contribution in [0.2, 0.25) is 0 Å². The number of piperidine rings is 1. The summed E-state index contributed by atoms with van der Waals surface area (Å²) in [6.45, 7) is 2.36. The van der Waals surface area contributed by atoms with Gasteiger partial charge in [0.05, 0.1) is 18.3 Å². The molecule has 0 aliphatic carbocycles. The Balaban J connectivity index is 1.52. The highest BCUT2D eigenvalue weighted by Crippen LogP contribution is 2.24. The molecule has 4 rings (SSSR count). The summed E-state index contributed by atoms with van der Waals surface area (Å²) in [6.07, 6.45) is 9.24. The first-order valence-electron chi connectivity index (χ1n) is 10.2. The number of aromatic nitrogens is 4. The zero-order valence-corrected chi connectivity index (χ0v) is 17.4. The molecule has 0 spiro atoms. The normalized spacial score (nSPS) is 15.4. The second-order valence-corrected chi connectivity index (χ2v) is 8.70. The number of nitrogens with one attached hydrogen (secondary N) is 1. The Morgan fingerprint density at radius 2 is 1.90 bits per heavy atom. The number of anilines is 1. The maximum absolute atomic E-state index is 12.4. The van der Waals surface area contributed by atoms with Crippen molar-refractivity contribution in [2.75, 3.05) is 25.0 Å². The van der Waals surface area contributed by atoms with Crippen molar-refractivity contribution < 1.29 is 4.79 Å². The molecule has 0 unspecified atom stereocenters. The number of amides is 1. The van der Waals surface area contributed by atoms with E-state index in [2.05, 4.69) is 48.8 Å². The van der Waals surface area contributed by atoms with Crippen molar-refractivity contribution >= 4 is 46.3 Å². The van der Waals surface area contributed by atoms with E-state index in [0.717, 1.165) is 48.0 Å². The smallest absolute Gasteiger partial charge is 0.240 e. The summed E-state index contributed by atoms with van der Waals surface area (Å²) in [5.74, 6) is 0.288. The van der Waals surface area contributed by atoms with Crippen LogP contribution in [0.25, 0.3) is 22.0 Å². The van der Waals surface area contributed by atoms with Gasteiger partial charge in [-0.05, 0) is 42.8 Å². The molecular weight excluding hydrogens is 361 g/mol. The molecule has 1 N–H and O–H groups in total. The average Bonchev–Trinajstić information content (AvgIpc) is 3.19. The quantitative estimate of drug-likeness (QED) is 0.593. The number of carbonyl (C=O) groups excluding carboxylic acids is 1. The van der Waals surface area contributed by atoms with Crippen molar-refractivity contribution in [3.05, 3.63) is 36.8 Å². The van der Waals surface area contributed by atoms with Gasteiger partial charge in [-0.15, -0.1) is 0 Å². The SMILES string of the molecule is BC(B)(B)n1cc(-c2ccc3cnc(NC(=O)CN4CCCCC4)nc3c2)cn1. The fourth-order valence-electron chi connectivity index (χ4n) is 3.59. The molecule has 146 valence electrons. The van der Waals surface area contributed by atoms with E-state index < -0.39 is 0 Å². The van der Waals surface area contributed by atoms with Gasteiger partial charge in [0.1, 0.15) is 23.5 Å². The third-order valence-electron chi connectivity index (χ3n) is 5.25. The van der Waals surface area contributed by atoms with Crippen molar-refractivity contribution in [1.29, 1.82) is 0 Å². The van der Waals surface area contributed by atoms with Crippen molar-refractivity contribution in [2.45, 2.75) is 24.5 Å². The van der Waals surface area contributed by atoms with E-state index in [1.165, 1.54) is 6.42 Å². The zero-order valence-electron chi connectivity index (χ0n) is 17.4. The minimum atomic E-state index is -0.0664. The summed E-state index contributed by atoms with van der Waals surface area (Å²) in [7, 11) is 6.36. The van der Waals surface area contributed by atoms with Gasteiger partial charge >= 0.3 is 0 Å². The van der Waals surface area contributed by atoms with Gasteiger partial charge in [0.2, 0.25) is 11.9 Å². The van der Waals surface area contributed by atoms with E-state index in [1.54, 1.807) is 6.20 Å². The topological polar surface area (TPSA) is 75.9 Å². The molecular formula is C19H25B3N6O. The number of carbonyl (C=O) groups is 1. The number of fused-ring (bicyclic) bond motifs is 1. The van der Waals surface area contributed by atoms with Gasteiger partial charge in [0.25, 0.3) is 0 Å². The Morgan fingerprint density at radius 1 is 1.10 bits per heavy atom. The van der Waals surface area contributed by atoms with Gasteiger partial charge in [-0.2, -0.15) is 5.10 Å². The number of rotatable bonds is 5. The lowest BCUT2D eigenvalue weighted by Crippen LogP contribution is -2.37. The highest BCUT2D eigenvalue weighted by molar-refractivity contribution is 6.56. The predicted octanol–water partition coefficient (Wildman–Crippen LogP) is -0.615. The lowest BCUT2D eigenvalue weighted by atomic mass is 9.49. The fraction of sp³-hybridized carbons (Fsp3) is 0.368. The molecule has 3 heterocycles. The molecule has 1 fully saturated rings.